The molecule has 2 unspecified atom stereocenters. The van der Waals surface area contributed by atoms with E-state index >= 15 is 0 Å². The van der Waals surface area contributed by atoms with E-state index in [4.69, 9.17) is 0 Å². The summed E-state index contributed by atoms with van der Waals surface area (Å²) in [5.74, 6) is 1.39. The van der Waals surface area contributed by atoms with E-state index in [-0.39, 0.29) is 5.54 Å². The molecule has 0 spiro atoms. The van der Waals surface area contributed by atoms with Gasteiger partial charge in [-0.1, -0.05) is 12.1 Å². The van der Waals surface area contributed by atoms with Crippen LogP contribution in [-0.4, -0.2) is 25.2 Å². The zero-order chi connectivity index (χ0) is 13.6. The molecule has 2 saturated heterocycles. The Morgan fingerprint density at radius 2 is 2.16 bits per heavy atom. The van der Waals surface area contributed by atoms with Crippen molar-refractivity contribution in [1.82, 2.24) is 5.32 Å². The van der Waals surface area contributed by atoms with Gasteiger partial charge in [0, 0.05) is 25.2 Å². The SMILES string of the molecule is Cc1cccc(C#N)c1N1CC2CNCC2C1(C)C. The second kappa shape index (κ2) is 4.25. The van der Waals surface area contributed by atoms with Gasteiger partial charge in [0.15, 0.2) is 0 Å². The summed E-state index contributed by atoms with van der Waals surface area (Å²) < 4.78 is 0. The number of anilines is 1. The molecule has 0 amide bonds. The molecule has 19 heavy (non-hydrogen) atoms. The molecule has 3 rings (SSSR count). The van der Waals surface area contributed by atoms with E-state index in [2.05, 4.69) is 43.1 Å². The van der Waals surface area contributed by atoms with Crippen LogP contribution in [-0.2, 0) is 0 Å². The highest BCUT2D eigenvalue weighted by molar-refractivity contribution is 5.66. The van der Waals surface area contributed by atoms with E-state index in [0.29, 0.717) is 11.8 Å². The van der Waals surface area contributed by atoms with Crippen molar-refractivity contribution >= 4 is 5.69 Å². The van der Waals surface area contributed by atoms with Crippen LogP contribution in [0.3, 0.4) is 0 Å². The van der Waals surface area contributed by atoms with Crippen molar-refractivity contribution in [3.63, 3.8) is 0 Å². The molecule has 2 atom stereocenters. The second-order valence-corrected chi connectivity index (χ2v) is 6.37. The Kier molecular flexibility index (Phi) is 2.79. The molecular formula is C16H21N3. The number of aryl methyl sites for hydroxylation is 1. The van der Waals surface area contributed by atoms with Gasteiger partial charge in [-0.05, 0) is 44.2 Å². The van der Waals surface area contributed by atoms with Crippen LogP contribution in [0.4, 0.5) is 5.69 Å². The lowest BCUT2D eigenvalue weighted by Crippen LogP contribution is -2.45. The van der Waals surface area contributed by atoms with Gasteiger partial charge in [-0.15, -0.1) is 0 Å². The first-order chi connectivity index (χ1) is 9.05. The Morgan fingerprint density at radius 1 is 1.37 bits per heavy atom. The monoisotopic (exact) mass is 255 g/mol. The Morgan fingerprint density at radius 3 is 2.84 bits per heavy atom. The molecular weight excluding hydrogens is 234 g/mol. The first kappa shape index (κ1) is 12.5. The maximum Gasteiger partial charge on any atom is 0.101 e. The third-order valence-corrected chi connectivity index (χ3v) is 4.99. The number of nitrogens with zero attached hydrogens (tertiary/aromatic N) is 2. The highest BCUT2D eigenvalue weighted by Crippen LogP contribution is 2.44. The summed E-state index contributed by atoms with van der Waals surface area (Å²) in [4.78, 5) is 2.47. The van der Waals surface area contributed by atoms with Crippen molar-refractivity contribution in [2.75, 3.05) is 24.5 Å². The van der Waals surface area contributed by atoms with E-state index in [9.17, 15) is 5.26 Å². The fourth-order valence-electron chi connectivity index (χ4n) is 3.91. The van der Waals surface area contributed by atoms with Crippen LogP contribution in [0.15, 0.2) is 18.2 Å². The van der Waals surface area contributed by atoms with Crippen LogP contribution < -0.4 is 10.2 Å². The van der Waals surface area contributed by atoms with Crippen molar-refractivity contribution in [2.24, 2.45) is 11.8 Å². The lowest BCUT2D eigenvalue weighted by Gasteiger charge is -2.38. The maximum absolute atomic E-state index is 9.39. The van der Waals surface area contributed by atoms with Gasteiger partial charge in [-0.2, -0.15) is 5.26 Å². The summed E-state index contributed by atoms with van der Waals surface area (Å²) in [6, 6.07) is 8.38. The topological polar surface area (TPSA) is 39.1 Å². The van der Waals surface area contributed by atoms with E-state index in [0.717, 1.165) is 30.9 Å². The molecule has 3 nitrogen and oxygen atoms in total. The highest BCUT2D eigenvalue weighted by atomic mass is 15.3. The molecule has 2 fully saturated rings. The van der Waals surface area contributed by atoms with Crippen LogP contribution in [0.2, 0.25) is 0 Å². The van der Waals surface area contributed by atoms with Crippen LogP contribution in [0.25, 0.3) is 0 Å². The number of hydrogen-bond acceptors (Lipinski definition) is 3. The van der Waals surface area contributed by atoms with E-state index < -0.39 is 0 Å². The molecule has 3 heteroatoms. The predicted molar refractivity (Wildman–Crippen MR) is 77.2 cm³/mol. The summed E-state index contributed by atoms with van der Waals surface area (Å²) in [5.41, 5.74) is 3.27. The summed E-state index contributed by atoms with van der Waals surface area (Å²) in [5, 5.41) is 12.9. The van der Waals surface area contributed by atoms with Gasteiger partial charge >= 0.3 is 0 Å². The molecule has 1 N–H and O–H groups in total. The molecule has 0 aliphatic carbocycles. The van der Waals surface area contributed by atoms with Crippen LogP contribution in [0.1, 0.15) is 25.0 Å². The van der Waals surface area contributed by atoms with Gasteiger partial charge in [0.05, 0.1) is 11.3 Å². The van der Waals surface area contributed by atoms with Gasteiger partial charge in [0.2, 0.25) is 0 Å². The lowest BCUT2D eigenvalue weighted by atomic mass is 9.84. The van der Waals surface area contributed by atoms with Gasteiger partial charge in [0.25, 0.3) is 0 Å². The molecule has 1 aromatic carbocycles. The summed E-state index contributed by atoms with van der Waals surface area (Å²) in [6.07, 6.45) is 0. The minimum atomic E-state index is 0.117. The fraction of sp³-hybridized carbons (Fsp3) is 0.562. The number of benzene rings is 1. The van der Waals surface area contributed by atoms with Gasteiger partial charge < -0.3 is 10.2 Å². The molecule has 2 aliphatic heterocycles. The number of nitriles is 1. The number of fused-ring (bicyclic) bond motifs is 1. The third kappa shape index (κ3) is 1.74. The molecule has 0 aromatic heterocycles. The van der Waals surface area contributed by atoms with E-state index in [1.807, 2.05) is 12.1 Å². The first-order valence-electron chi connectivity index (χ1n) is 7.03. The standard InChI is InChI=1S/C16H21N3/c1-11-5-4-6-12(7-17)15(11)19-10-13-8-18-9-14(13)16(19,2)3/h4-6,13-14,18H,8-10H2,1-3H3. The zero-order valence-corrected chi connectivity index (χ0v) is 11.9. The maximum atomic E-state index is 9.39. The molecule has 0 bridgehead atoms. The largest absolute Gasteiger partial charge is 0.364 e. The number of rotatable bonds is 1. The second-order valence-electron chi connectivity index (χ2n) is 6.37. The Labute approximate surface area is 115 Å². The summed E-state index contributed by atoms with van der Waals surface area (Å²) in [7, 11) is 0. The molecule has 0 radical (unpaired) electrons. The van der Waals surface area contributed by atoms with Crippen molar-refractivity contribution in [2.45, 2.75) is 26.3 Å². The minimum Gasteiger partial charge on any atom is -0.364 e. The summed E-state index contributed by atoms with van der Waals surface area (Å²) in [6.45, 7) is 10.0. The smallest absolute Gasteiger partial charge is 0.101 e. The van der Waals surface area contributed by atoms with Crippen LogP contribution >= 0.6 is 0 Å². The molecule has 100 valence electrons. The van der Waals surface area contributed by atoms with Crippen molar-refractivity contribution in [3.8, 4) is 6.07 Å². The predicted octanol–water partition coefficient (Wildman–Crippen LogP) is 2.30. The molecule has 1 aromatic rings. The summed E-state index contributed by atoms with van der Waals surface area (Å²) >= 11 is 0. The van der Waals surface area contributed by atoms with Crippen molar-refractivity contribution in [1.29, 1.82) is 5.26 Å². The zero-order valence-electron chi connectivity index (χ0n) is 11.9. The Balaban J connectivity index is 2.07. The van der Waals surface area contributed by atoms with Gasteiger partial charge in [-0.25, -0.2) is 0 Å². The van der Waals surface area contributed by atoms with Gasteiger partial charge in [-0.3, -0.25) is 0 Å². The molecule has 0 saturated carbocycles. The fourth-order valence-corrected chi connectivity index (χ4v) is 3.91. The van der Waals surface area contributed by atoms with Crippen LogP contribution in [0.5, 0.6) is 0 Å². The average Bonchev–Trinajstić information content (AvgIpc) is 2.92. The van der Waals surface area contributed by atoms with E-state index in [1.165, 1.54) is 5.56 Å². The van der Waals surface area contributed by atoms with Crippen LogP contribution in [0, 0.1) is 30.1 Å². The van der Waals surface area contributed by atoms with Crippen molar-refractivity contribution < 1.29 is 0 Å². The van der Waals surface area contributed by atoms with E-state index in [1.54, 1.807) is 0 Å². The van der Waals surface area contributed by atoms with Crippen molar-refractivity contribution in [3.05, 3.63) is 29.3 Å². The Hall–Kier alpha value is -1.53. The minimum absolute atomic E-state index is 0.117. The third-order valence-electron chi connectivity index (χ3n) is 4.99. The number of nitrogens with one attached hydrogen (secondary N) is 1. The average molecular weight is 255 g/mol. The normalized spacial score (nSPS) is 28.2. The molecule has 2 heterocycles. The highest BCUT2D eigenvalue weighted by Gasteiger charge is 2.50. The number of para-hydroxylation sites is 1. The number of hydrogen-bond donors (Lipinski definition) is 1. The first-order valence-corrected chi connectivity index (χ1v) is 7.03. The molecule has 2 aliphatic rings. The quantitative estimate of drug-likeness (QED) is 0.837. The Bertz CT molecular complexity index is 541. The lowest BCUT2D eigenvalue weighted by molar-refractivity contribution is 0.357. The van der Waals surface area contributed by atoms with Gasteiger partial charge in [0.1, 0.15) is 6.07 Å².